The number of nitrogens with zero attached hydrogens (tertiary/aromatic N) is 1. The number of anilines is 1. The van der Waals surface area contributed by atoms with Gasteiger partial charge in [0.1, 0.15) is 5.82 Å². The van der Waals surface area contributed by atoms with Crippen molar-refractivity contribution in [3.8, 4) is 0 Å². The second-order valence-corrected chi connectivity index (χ2v) is 8.97. The van der Waals surface area contributed by atoms with Crippen LogP contribution in [-0.4, -0.2) is 31.7 Å². The molecule has 3 rings (SSSR count). The number of carbonyl (C=O) groups excluding carboxylic acids is 1. The van der Waals surface area contributed by atoms with Crippen LogP contribution in [0.3, 0.4) is 0 Å². The Labute approximate surface area is 164 Å². The Balaban J connectivity index is 1.65. The summed E-state index contributed by atoms with van der Waals surface area (Å²) in [7, 11) is -3.71. The molecule has 0 radical (unpaired) electrons. The van der Waals surface area contributed by atoms with Crippen LogP contribution in [0.25, 0.3) is 0 Å². The molecule has 2 aromatic rings. The topological polar surface area (TPSA) is 66.5 Å². The minimum absolute atomic E-state index is 0.0421. The highest BCUT2D eigenvalue weighted by molar-refractivity contribution is 7.89. The Morgan fingerprint density at radius 3 is 2.25 bits per heavy atom. The molecule has 0 fully saturated rings. The summed E-state index contributed by atoms with van der Waals surface area (Å²) in [6.45, 7) is 4.51. The molecule has 0 atom stereocenters. The van der Waals surface area contributed by atoms with E-state index in [9.17, 15) is 17.6 Å². The average molecular weight is 402 g/mol. The van der Waals surface area contributed by atoms with Crippen LogP contribution in [0.5, 0.6) is 0 Å². The summed E-state index contributed by atoms with van der Waals surface area (Å²) in [6.07, 6.45) is 1.94. The third kappa shape index (κ3) is 4.48. The van der Waals surface area contributed by atoms with E-state index in [4.69, 9.17) is 0 Å². The first-order chi connectivity index (χ1) is 13.3. The molecule has 148 valence electrons. The normalized spacial score (nSPS) is 15.4. The van der Waals surface area contributed by atoms with Gasteiger partial charge in [0.2, 0.25) is 10.0 Å². The fraction of sp³-hybridized carbons (Fsp3) is 0.286. The van der Waals surface area contributed by atoms with E-state index in [1.165, 1.54) is 22.0 Å². The predicted octanol–water partition coefficient (Wildman–Crippen LogP) is 3.91. The van der Waals surface area contributed by atoms with Crippen molar-refractivity contribution in [2.24, 2.45) is 0 Å². The average Bonchev–Trinajstić information content (AvgIpc) is 2.69. The number of nitrogens with one attached hydrogen (secondary N) is 1. The summed E-state index contributed by atoms with van der Waals surface area (Å²) >= 11 is 0. The first kappa shape index (κ1) is 20.2. The minimum Gasteiger partial charge on any atom is -0.322 e. The molecule has 7 heteroatoms. The van der Waals surface area contributed by atoms with Gasteiger partial charge >= 0.3 is 0 Å². The Hall–Kier alpha value is -2.51. The molecule has 0 saturated heterocycles. The summed E-state index contributed by atoms with van der Waals surface area (Å²) in [4.78, 5) is 12.5. The van der Waals surface area contributed by atoms with Crippen LogP contribution in [-0.2, 0) is 14.8 Å². The van der Waals surface area contributed by atoms with Crippen molar-refractivity contribution in [1.82, 2.24) is 4.31 Å². The lowest BCUT2D eigenvalue weighted by Gasteiger charge is -2.25. The van der Waals surface area contributed by atoms with Crippen LogP contribution < -0.4 is 5.32 Å². The molecule has 0 bridgehead atoms. The van der Waals surface area contributed by atoms with Crippen molar-refractivity contribution in [2.45, 2.75) is 31.1 Å². The first-order valence-corrected chi connectivity index (χ1v) is 10.6. The third-order valence-corrected chi connectivity index (χ3v) is 6.63. The number of sulfonamides is 1. The van der Waals surface area contributed by atoms with Gasteiger partial charge in [-0.05, 0) is 54.3 Å². The van der Waals surface area contributed by atoms with Gasteiger partial charge in [-0.1, -0.05) is 32.1 Å². The quantitative estimate of drug-likeness (QED) is 0.825. The number of hydrogen-bond acceptors (Lipinski definition) is 3. The Kier molecular flexibility index (Phi) is 5.96. The lowest BCUT2D eigenvalue weighted by Crippen LogP contribution is -2.36. The molecule has 0 saturated carbocycles. The molecule has 0 aliphatic carbocycles. The highest BCUT2D eigenvalue weighted by atomic mass is 32.2. The summed E-state index contributed by atoms with van der Waals surface area (Å²) in [5.74, 6) is -0.297. The number of amides is 1. The lowest BCUT2D eigenvalue weighted by atomic mass is 10.0. The smallest absolute Gasteiger partial charge is 0.251 e. The van der Waals surface area contributed by atoms with Crippen molar-refractivity contribution in [3.05, 3.63) is 71.6 Å². The van der Waals surface area contributed by atoms with E-state index in [0.29, 0.717) is 23.6 Å². The van der Waals surface area contributed by atoms with Gasteiger partial charge in [0.15, 0.2) is 0 Å². The SMILES string of the molecule is CC(C)c1ccc(NC(=O)C2=CCN(S(=O)(=O)c3ccc(F)cc3)CC2)cc1. The zero-order valence-electron chi connectivity index (χ0n) is 15.9. The molecule has 28 heavy (non-hydrogen) atoms. The van der Waals surface area contributed by atoms with E-state index in [2.05, 4.69) is 19.2 Å². The van der Waals surface area contributed by atoms with Gasteiger partial charge in [-0.15, -0.1) is 0 Å². The van der Waals surface area contributed by atoms with Gasteiger partial charge in [-0.2, -0.15) is 4.31 Å². The second-order valence-electron chi connectivity index (χ2n) is 7.03. The zero-order valence-corrected chi connectivity index (χ0v) is 16.7. The van der Waals surface area contributed by atoms with Crippen molar-refractivity contribution < 1.29 is 17.6 Å². The Morgan fingerprint density at radius 1 is 1.07 bits per heavy atom. The molecular weight excluding hydrogens is 379 g/mol. The molecule has 2 aromatic carbocycles. The lowest BCUT2D eigenvalue weighted by molar-refractivity contribution is -0.113. The number of carbonyl (C=O) groups is 1. The molecule has 0 aromatic heterocycles. The standard InChI is InChI=1S/C21H23FN2O3S/c1-15(2)16-3-7-19(8-4-16)23-21(25)17-11-13-24(14-12-17)28(26,27)20-9-5-18(22)6-10-20/h3-11,15H,12-14H2,1-2H3,(H,23,25). The molecule has 0 unspecified atom stereocenters. The maximum absolute atomic E-state index is 13.0. The molecule has 1 aliphatic heterocycles. The second kappa shape index (κ2) is 8.24. The maximum atomic E-state index is 13.0. The van der Waals surface area contributed by atoms with Crippen LogP contribution in [0.15, 0.2) is 65.1 Å². The predicted molar refractivity (Wildman–Crippen MR) is 107 cm³/mol. The Morgan fingerprint density at radius 2 is 1.71 bits per heavy atom. The highest BCUT2D eigenvalue weighted by Gasteiger charge is 2.27. The van der Waals surface area contributed by atoms with E-state index in [0.717, 1.165) is 12.1 Å². The van der Waals surface area contributed by atoms with E-state index in [1.807, 2.05) is 24.3 Å². The van der Waals surface area contributed by atoms with Gasteiger partial charge in [0.05, 0.1) is 4.90 Å². The van der Waals surface area contributed by atoms with Gasteiger partial charge in [-0.3, -0.25) is 4.79 Å². The molecule has 5 nitrogen and oxygen atoms in total. The Bertz CT molecular complexity index is 981. The molecule has 0 spiro atoms. The molecular formula is C21H23FN2O3S. The fourth-order valence-electron chi connectivity index (χ4n) is 2.99. The van der Waals surface area contributed by atoms with E-state index in [-0.39, 0.29) is 23.9 Å². The van der Waals surface area contributed by atoms with E-state index in [1.54, 1.807) is 6.08 Å². The number of benzene rings is 2. The number of hydrogen-bond donors (Lipinski definition) is 1. The van der Waals surface area contributed by atoms with Crippen LogP contribution >= 0.6 is 0 Å². The zero-order chi connectivity index (χ0) is 20.3. The van der Waals surface area contributed by atoms with Crippen molar-refractivity contribution >= 4 is 21.6 Å². The molecule has 1 heterocycles. The highest BCUT2D eigenvalue weighted by Crippen LogP contribution is 2.22. The van der Waals surface area contributed by atoms with Crippen LogP contribution in [0.1, 0.15) is 31.7 Å². The summed E-state index contributed by atoms with van der Waals surface area (Å²) in [5, 5.41) is 2.85. The van der Waals surface area contributed by atoms with Crippen molar-refractivity contribution in [2.75, 3.05) is 18.4 Å². The molecule has 1 amide bonds. The van der Waals surface area contributed by atoms with E-state index < -0.39 is 15.8 Å². The van der Waals surface area contributed by atoms with Gasteiger partial charge < -0.3 is 5.32 Å². The van der Waals surface area contributed by atoms with Gasteiger partial charge in [0.25, 0.3) is 5.91 Å². The molecule has 1 aliphatic rings. The summed E-state index contributed by atoms with van der Waals surface area (Å²) < 4.78 is 39.6. The number of rotatable bonds is 5. The summed E-state index contributed by atoms with van der Waals surface area (Å²) in [5.41, 5.74) is 2.45. The van der Waals surface area contributed by atoms with Crippen LogP contribution in [0.2, 0.25) is 0 Å². The third-order valence-electron chi connectivity index (χ3n) is 4.75. The van der Waals surface area contributed by atoms with Crippen molar-refractivity contribution in [1.29, 1.82) is 0 Å². The van der Waals surface area contributed by atoms with Gasteiger partial charge in [-0.25, -0.2) is 12.8 Å². The minimum atomic E-state index is -3.71. The largest absolute Gasteiger partial charge is 0.322 e. The summed E-state index contributed by atoms with van der Waals surface area (Å²) in [6, 6.07) is 12.4. The van der Waals surface area contributed by atoms with E-state index >= 15 is 0 Å². The molecule has 1 N–H and O–H groups in total. The maximum Gasteiger partial charge on any atom is 0.251 e. The fourth-order valence-corrected chi connectivity index (χ4v) is 4.37. The van der Waals surface area contributed by atoms with Crippen molar-refractivity contribution in [3.63, 3.8) is 0 Å². The van der Waals surface area contributed by atoms with Crippen LogP contribution in [0.4, 0.5) is 10.1 Å². The van der Waals surface area contributed by atoms with Gasteiger partial charge in [0, 0.05) is 24.4 Å². The monoisotopic (exact) mass is 402 g/mol. The van der Waals surface area contributed by atoms with Crippen LogP contribution in [0, 0.1) is 5.82 Å². The number of halogens is 1. The first-order valence-electron chi connectivity index (χ1n) is 9.13.